The Labute approximate surface area is 143 Å². The summed E-state index contributed by atoms with van der Waals surface area (Å²) >= 11 is 0. The van der Waals surface area contributed by atoms with Crippen molar-refractivity contribution in [2.45, 2.75) is 33.1 Å². The number of ether oxygens (including phenoxy) is 2. The van der Waals surface area contributed by atoms with Crippen LogP contribution in [0, 0.1) is 12.8 Å². The lowest BCUT2D eigenvalue weighted by molar-refractivity contribution is -0.146. The van der Waals surface area contributed by atoms with E-state index in [1.165, 1.54) is 0 Å². The molecule has 2 heterocycles. The molecule has 2 atom stereocenters. The molecular weight excluding hydrogens is 308 g/mol. The van der Waals surface area contributed by atoms with E-state index < -0.39 is 11.9 Å². The quantitative estimate of drug-likeness (QED) is 0.743. The minimum absolute atomic E-state index is 0.0810. The van der Waals surface area contributed by atoms with Gasteiger partial charge in [-0.1, -0.05) is 0 Å². The molecule has 24 heavy (non-hydrogen) atoms. The van der Waals surface area contributed by atoms with Gasteiger partial charge in [0.25, 0.3) is 0 Å². The minimum atomic E-state index is -0.546. The van der Waals surface area contributed by atoms with Crippen molar-refractivity contribution in [3.05, 3.63) is 29.1 Å². The smallest absolute Gasteiger partial charge is 0.340 e. The number of esters is 2. The normalized spacial score (nSPS) is 19.1. The molecule has 0 aromatic carbocycles. The van der Waals surface area contributed by atoms with E-state index in [9.17, 15) is 9.59 Å². The molecule has 6 heteroatoms. The fourth-order valence-corrected chi connectivity index (χ4v) is 3.20. The van der Waals surface area contributed by atoms with Gasteiger partial charge in [-0.25, -0.2) is 4.79 Å². The Morgan fingerprint density at radius 2 is 2.04 bits per heavy atom. The number of rotatable bonds is 6. The van der Waals surface area contributed by atoms with E-state index in [1.54, 1.807) is 26.1 Å². The summed E-state index contributed by atoms with van der Waals surface area (Å²) in [6.07, 6.45) is 2.56. The SMILES string of the molecule is CCOC(=O)c1cc(C)cnc1C(C(=O)OCC)C1CCN(C)C1. The molecule has 6 nitrogen and oxygen atoms in total. The zero-order valence-electron chi connectivity index (χ0n) is 14.9. The Balaban J connectivity index is 2.45. The lowest BCUT2D eigenvalue weighted by atomic mass is 9.86. The maximum absolute atomic E-state index is 12.6. The Bertz CT molecular complexity index is 603. The van der Waals surface area contributed by atoms with E-state index in [4.69, 9.17) is 9.47 Å². The Hall–Kier alpha value is -1.95. The Morgan fingerprint density at radius 3 is 2.62 bits per heavy atom. The zero-order chi connectivity index (χ0) is 17.7. The van der Waals surface area contributed by atoms with Gasteiger partial charge in [0.2, 0.25) is 0 Å². The van der Waals surface area contributed by atoms with Gasteiger partial charge in [-0.2, -0.15) is 0 Å². The average molecular weight is 334 g/mol. The molecule has 0 aliphatic carbocycles. The van der Waals surface area contributed by atoms with Crippen LogP contribution in [0.2, 0.25) is 0 Å². The highest BCUT2D eigenvalue weighted by Crippen LogP contribution is 2.34. The first kappa shape index (κ1) is 18.4. The predicted octanol–water partition coefficient (Wildman–Crippen LogP) is 2.17. The fourth-order valence-electron chi connectivity index (χ4n) is 3.20. The first-order valence-corrected chi connectivity index (χ1v) is 8.46. The highest BCUT2D eigenvalue weighted by atomic mass is 16.5. The predicted molar refractivity (Wildman–Crippen MR) is 89.9 cm³/mol. The van der Waals surface area contributed by atoms with Crippen molar-refractivity contribution in [2.24, 2.45) is 5.92 Å². The largest absolute Gasteiger partial charge is 0.465 e. The molecule has 1 aliphatic rings. The number of aryl methyl sites for hydroxylation is 1. The summed E-state index contributed by atoms with van der Waals surface area (Å²) in [6.45, 7) is 7.69. The van der Waals surface area contributed by atoms with Crippen LogP contribution in [0.5, 0.6) is 0 Å². The van der Waals surface area contributed by atoms with Crippen LogP contribution in [0.25, 0.3) is 0 Å². The van der Waals surface area contributed by atoms with E-state index in [2.05, 4.69) is 9.88 Å². The number of carbonyl (C=O) groups excluding carboxylic acids is 2. The third-order valence-corrected chi connectivity index (χ3v) is 4.28. The third-order valence-electron chi connectivity index (χ3n) is 4.28. The second-order valence-electron chi connectivity index (χ2n) is 6.21. The van der Waals surface area contributed by atoms with Gasteiger partial charge in [0.05, 0.1) is 24.5 Å². The van der Waals surface area contributed by atoms with Gasteiger partial charge in [0.1, 0.15) is 5.92 Å². The van der Waals surface area contributed by atoms with Crippen LogP contribution in [0.15, 0.2) is 12.3 Å². The van der Waals surface area contributed by atoms with Crippen molar-refractivity contribution in [3.63, 3.8) is 0 Å². The van der Waals surface area contributed by atoms with Crippen LogP contribution in [-0.2, 0) is 14.3 Å². The monoisotopic (exact) mass is 334 g/mol. The van der Waals surface area contributed by atoms with E-state index in [-0.39, 0.29) is 18.5 Å². The van der Waals surface area contributed by atoms with Crippen molar-refractivity contribution >= 4 is 11.9 Å². The maximum atomic E-state index is 12.6. The van der Waals surface area contributed by atoms with E-state index in [0.717, 1.165) is 25.1 Å². The molecule has 0 radical (unpaired) electrons. The fraction of sp³-hybridized carbons (Fsp3) is 0.611. The van der Waals surface area contributed by atoms with Crippen LogP contribution in [0.4, 0.5) is 0 Å². The van der Waals surface area contributed by atoms with Crippen LogP contribution in [0.3, 0.4) is 0 Å². The molecule has 1 fully saturated rings. The number of carbonyl (C=O) groups is 2. The molecule has 0 bridgehead atoms. The van der Waals surface area contributed by atoms with Crippen molar-refractivity contribution in [2.75, 3.05) is 33.4 Å². The van der Waals surface area contributed by atoms with Crippen LogP contribution in [-0.4, -0.2) is 55.2 Å². The number of nitrogens with zero attached hydrogens (tertiary/aromatic N) is 2. The zero-order valence-corrected chi connectivity index (χ0v) is 14.9. The van der Waals surface area contributed by atoms with Crippen molar-refractivity contribution in [3.8, 4) is 0 Å². The first-order chi connectivity index (χ1) is 11.5. The molecule has 0 N–H and O–H groups in total. The first-order valence-electron chi connectivity index (χ1n) is 8.46. The highest BCUT2D eigenvalue weighted by molar-refractivity contribution is 5.93. The van der Waals surface area contributed by atoms with Gasteiger partial charge < -0.3 is 14.4 Å². The minimum Gasteiger partial charge on any atom is -0.465 e. The number of hydrogen-bond acceptors (Lipinski definition) is 6. The maximum Gasteiger partial charge on any atom is 0.340 e. The summed E-state index contributed by atoms with van der Waals surface area (Å²) in [7, 11) is 2.02. The molecule has 2 unspecified atom stereocenters. The molecule has 2 rings (SSSR count). The number of likely N-dealkylation sites (tertiary alicyclic amines) is 1. The number of aromatic nitrogens is 1. The highest BCUT2D eigenvalue weighted by Gasteiger charge is 2.38. The van der Waals surface area contributed by atoms with Gasteiger partial charge in [-0.05, 0) is 58.3 Å². The summed E-state index contributed by atoms with van der Waals surface area (Å²) < 4.78 is 10.4. The Kier molecular flexibility index (Phi) is 6.31. The lowest BCUT2D eigenvalue weighted by Crippen LogP contribution is -2.29. The lowest BCUT2D eigenvalue weighted by Gasteiger charge is -2.23. The van der Waals surface area contributed by atoms with Gasteiger partial charge in [0, 0.05) is 12.7 Å². The Morgan fingerprint density at radius 1 is 1.33 bits per heavy atom. The summed E-state index contributed by atoms with van der Waals surface area (Å²) in [4.78, 5) is 31.6. The molecule has 1 aromatic rings. The second-order valence-corrected chi connectivity index (χ2v) is 6.21. The molecular formula is C18H26N2O4. The third kappa shape index (κ3) is 4.12. The number of hydrogen-bond donors (Lipinski definition) is 0. The van der Waals surface area contributed by atoms with Crippen molar-refractivity contribution in [1.29, 1.82) is 0 Å². The standard InChI is InChI=1S/C18H26N2O4/c1-5-23-17(21)14-9-12(3)10-19-16(14)15(18(22)24-6-2)13-7-8-20(4)11-13/h9-10,13,15H,5-8,11H2,1-4H3. The summed E-state index contributed by atoms with van der Waals surface area (Å²) in [5, 5.41) is 0. The van der Waals surface area contributed by atoms with Crippen molar-refractivity contribution in [1.82, 2.24) is 9.88 Å². The van der Waals surface area contributed by atoms with E-state index >= 15 is 0 Å². The molecule has 1 saturated heterocycles. The van der Waals surface area contributed by atoms with Gasteiger partial charge in [-0.3, -0.25) is 9.78 Å². The van der Waals surface area contributed by atoms with Crippen LogP contribution < -0.4 is 0 Å². The molecule has 1 aromatic heterocycles. The van der Waals surface area contributed by atoms with Gasteiger partial charge in [0.15, 0.2) is 0 Å². The summed E-state index contributed by atoms with van der Waals surface area (Å²) in [5.74, 6) is -1.23. The number of pyridine rings is 1. The second kappa shape index (κ2) is 8.24. The van der Waals surface area contributed by atoms with E-state index in [1.807, 2.05) is 14.0 Å². The molecule has 0 saturated carbocycles. The summed E-state index contributed by atoms with van der Waals surface area (Å²) in [6, 6.07) is 1.74. The summed E-state index contributed by atoms with van der Waals surface area (Å²) in [5.41, 5.74) is 1.69. The molecule has 0 spiro atoms. The van der Waals surface area contributed by atoms with E-state index in [0.29, 0.717) is 17.9 Å². The van der Waals surface area contributed by atoms with Gasteiger partial charge in [-0.15, -0.1) is 0 Å². The van der Waals surface area contributed by atoms with Crippen molar-refractivity contribution < 1.29 is 19.1 Å². The van der Waals surface area contributed by atoms with Crippen LogP contribution >= 0.6 is 0 Å². The molecule has 0 amide bonds. The molecule has 1 aliphatic heterocycles. The average Bonchev–Trinajstić information content (AvgIpc) is 2.95. The van der Waals surface area contributed by atoms with Crippen LogP contribution in [0.1, 0.15) is 47.8 Å². The topological polar surface area (TPSA) is 68.7 Å². The van der Waals surface area contributed by atoms with Gasteiger partial charge >= 0.3 is 11.9 Å². The molecule has 132 valence electrons.